The molecule has 31 heavy (non-hydrogen) atoms. The zero-order valence-electron chi connectivity index (χ0n) is 17.5. The van der Waals surface area contributed by atoms with Crippen LogP contribution in [0.2, 0.25) is 0 Å². The molecular formula is C22H24N8O. The SMILES string of the molecule is C[C@]12CC[C@](C)(CC(n3nnc4cc(-c5ccc(-c6cn[nH]c6)cc5O)nnc43)C1)N2. The molecule has 2 fully saturated rings. The number of hydrogen-bond donors (Lipinski definition) is 3. The van der Waals surface area contributed by atoms with E-state index in [1.54, 1.807) is 18.5 Å². The number of benzene rings is 1. The van der Waals surface area contributed by atoms with E-state index in [9.17, 15) is 5.11 Å². The van der Waals surface area contributed by atoms with Crippen molar-refractivity contribution in [2.45, 2.75) is 56.7 Å². The molecule has 2 aliphatic heterocycles. The fourth-order valence-corrected chi connectivity index (χ4v) is 5.46. The van der Waals surface area contributed by atoms with Gasteiger partial charge in [-0.15, -0.1) is 15.3 Å². The molecule has 2 bridgehead atoms. The smallest absolute Gasteiger partial charge is 0.201 e. The van der Waals surface area contributed by atoms with Gasteiger partial charge in [0.2, 0.25) is 5.65 Å². The van der Waals surface area contributed by atoms with E-state index >= 15 is 0 Å². The summed E-state index contributed by atoms with van der Waals surface area (Å²) in [6, 6.07) is 7.55. The van der Waals surface area contributed by atoms with Gasteiger partial charge in [-0.1, -0.05) is 11.3 Å². The molecule has 0 radical (unpaired) electrons. The van der Waals surface area contributed by atoms with E-state index in [0.29, 0.717) is 22.4 Å². The van der Waals surface area contributed by atoms with Crippen LogP contribution in [0.25, 0.3) is 33.5 Å². The van der Waals surface area contributed by atoms with Crippen LogP contribution in [0.1, 0.15) is 45.6 Å². The average Bonchev–Trinajstić information content (AvgIpc) is 3.45. The highest BCUT2D eigenvalue weighted by Crippen LogP contribution is 2.46. The number of phenols is 1. The molecule has 9 heteroatoms. The molecule has 0 spiro atoms. The Kier molecular flexibility index (Phi) is 3.77. The lowest BCUT2D eigenvalue weighted by atomic mass is 9.85. The minimum absolute atomic E-state index is 0.131. The monoisotopic (exact) mass is 416 g/mol. The van der Waals surface area contributed by atoms with Crippen LogP contribution in [-0.2, 0) is 0 Å². The second kappa shape index (κ2) is 6.34. The zero-order chi connectivity index (χ0) is 21.2. The lowest BCUT2D eigenvalue weighted by Crippen LogP contribution is -2.53. The molecule has 5 heterocycles. The quantitative estimate of drug-likeness (QED) is 0.469. The second-order valence-corrected chi connectivity index (χ2v) is 9.50. The molecular weight excluding hydrogens is 392 g/mol. The predicted molar refractivity (Wildman–Crippen MR) is 115 cm³/mol. The van der Waals surface area contributed by atoms with Crippen molar-refractivity contribution in [2.75, 3.05) is 0 Å². The van der Waals surface area contributed by atoms with Crippen molar-refractivity contribution in [1.29, 1.82) is 0 Å². The molecule has 158 valence electrons. The van der Waals surface area contributed by atoms with E-state index < -0.39 is 0 Å². The van der Waals surface area contributed by atoms with Crippen molar-refractivity contribution in [1.82, 2.24) is 40.7 Å². The topological polar surface area (TPSA) is 117 Å². The predicted octanol–water partition coefficient (Wildman–Crippen LogP) is 3.22. The fraction of sp³-hybridized carbons (Fsp3) is 0.409. The van der Waals surface area contributed by atoms with Crippen LogP contribution < -0.4 is 5.32 Å². The molecule has 3 atom stereocenters. The molecule has 3 N–H and O–H groups in total. The van der Waals surface area contributed by atoms with Crippen LogP contribution >= 0.6 is 0 Å². The number of fused-ring (bicyclic) bond motifs is 3. The molecule has 1 unspecified atom stereocenters. The molecule has 0 amide bonds. The van der Waals surface area contributed by atoms with E-state index in [4.69, 9.17) is 0 Å². The van der Waals surface area contributed by atoms with Crippen molar-refractivity contribution < 1.29 is 5.11 Å². The molecule has 2 aliphatic rings. The lowest BCUT2D eigenvalue weighted by Gasteiger charge is -2.41. The van der Waals surface area contributed by atoms with E-state index in [2.05, 4.69) is 49.9 Å². The standard InChI is InChI=1S/C22H24N8O/c1-21-5-6-22(2,28-21)10-15(9-21)30-20-18(26-29-30)8-17(25-27-20)16-4-3-13(7-19(16)31)14-11-23-24-12-14/h3-4,7-8,11-12,15,28,31H,5-6,9-10H2,1-2H3,(H,23,24)/t15?,21-,22+. The molecule has 4 aromatic rings. The van der Waals surface area contributed by atoms with Crippen molar-refractivity contribution >= 4 is 11.2 Å². The van der Waals surface area contributed by atoms with Gasteiger partial charge in [-0.2, -0.15) is 5.10 Å². The Morgan fingerprint density at radius 3 is 2.55 bits per heavy atom. The van der Waals surface area contributed by atoms with E-state index in [-0.39, 0.29) is 22.9 Å². The fourth-order valence-electron chi connectivity index (χ4n) is 5.46. The Hall–Kier alpha value is -3.33. The maximum Gasteiger partial charge on any atom is 0.201 e. The first kappa shape index (κ1) is 18.4. The summed E-state index contributed by atoms with van der Waals surface area (Å²) in [7, 11) is 0. The number of hydrogen-bond acceptors (Lipinski definition) is 7. The van der Waals surface area contributed by atoms with Crippen LogP contribution in [0.5, 0.6) is 5.75 Å². The molecule has 0 saturated carbocycles. The van der Waals surface area contributed by atoms with Gasteiger partial charge in [0.1, 0.15) is 11.3 Å². The summed E-state index contributed by atoms with van der Waals surface area (Å²) in [4.78, 5) is 0. The van der Waals surface area contributed by atoms with Crippen LogP contribution in [0.3, 0.4) is 0 Å². The Bertz CT molecular complexity index is 1260. The summed E-state index contributed by atoms with van der Waals surface area (Å²) >= 11 is 0. The van der Waals surface area contributed by atoms with Crippen molar-refractivity contribution in [3.05, 3.63) is 36.7 Å². The number of piperidine rings is 1. The van der Waals surface area contributed by atoms with E-state index in [1.807, 2.05) is 22.9 Å². The maximum absolute atomic E-state index is 10.6. The lowest BCUT2D eigenvalue weighted by molar-refractivity contribution is 0.167. The van der Waals surface area contributed by atoms with Crippen molar-refractivity contribution in [3.8, 4) is 28.1 Å². The molecule has 9 nitrogen and oxygen atoms in total. The summed E-state index contributed by atoms with van der Waals surface area (Å²) < 4.78 is 1.94. The van der Waals surface area contributed by atoms with Crippen LogP contribution in [0, 0.1) is 0 Å². The highest BCUT2D eigenvalue weighted by atomic mass is 16.3. The van der Waals surface area contributed by atoms with Crippen LogP contribution in [-0.4, -0.2) is 51.6 Å². The van der Waals surface area contributed by atoms with E-state index in [0.717, 1.165) is 24.0 Å². The third-order valence-corrected chi connectivity index (χ3v) is 6.88. The van der Waals surface area contributed by atoms with Gasteiger partial charge in [-0.25, -0.2) is 4.68 Å². The second-order valence-electron chi connectivity index (χ2n) is 9.50. The molecule has 1 aromatic carbocycles. The van der Waals surface area contributed by atoms with Crippen molar-refractivity contribution in [2.24, 2.45) is 0 Å². The van der Waals surface area contributed by atoms with Gasteiger partial charge >= 0.3 is 0 Å². The van der Waals surface area contributed by atoms with Crippen LogP contribution in [0.4, 0.5) is 0 Å². The van der Waals surface area contributed by atoms with Gasteiger partial charge < -0.3 is 10.4 Å². The number of nitrogens with zero attached hydrogens (tertiary/aromatic N) is 6. The van der Waals surface area contributed by atoms with Gasteiger partial charge in [0.05, 0.1) is 17.9 Å². The van der Waals surface area contributed by atoms with Gasteiger partial charge in [0.25, 0.3) is 0 Å². The summed E-state index contributed by atoms with van der Waals surface area (Å²) in [5.74, 6) is 0.135. The number of phenolic OH excluding ortho intramolecular Hbond substituents is 1. The highest BCUT2D eigenvalue weighted by Gasteiger charge is 2.49. The number of aromatic nitrogens is 7. The van der Waals surface area contributed by atoms with Crippen LogP contribution in [0.15, 0.2) is 36.7 Å². The molecule has 0 aliphatic carbocycles. The first-order valence-electron chi connectivity index (χ1n) is 10.6. The Morgan fingerprint density at radius 2 is 1.84 bits per heavy atom. The van der Waals surface area contributed by atoms with Crippen molar-refractivity contribution in [3.63, 3.8) is 0 Å². The number of rotatable bonds is 3. The molecule has 6 rings (SSSR count). The van der Waals surface area contributed by atoms with E-state index in [1.165, 1.54) is 12.8 Å². The summed E-state index contributed by atoms with van der Waals surface area (Å²) in [5, 5.41) is 38.8. The van der Waals surface area contributed by atoms with Gasteiger partial charge in [0, 0.05) is 28.4 Å². The summed E-state index contributed by atoms with van der Waals surface area (Å²) in [6.07, 6.45) is 7.85. The number of aromatic amines is 1. The molecule has 2 saturated heterocycles. The number of H-pyrrole nitrogens is 1. The Labute approximate surface area is 178 Å². The first-order chi connectivity index (χ1) is 14.9. The highest BCUT2D eigenvalue weighted by molar-refractivity contribution is 5.79. The van der Waals surface area contributed by atoms with Gasteiger partial charge in [-0.3, -0.25) is 5.10 Å². The Balaban J connectivity index is 1.34. The molecule has 3 aromatic heterocycles. The number of nitrogens with one attached hydrogen (secondary N) is 2. The summed E-state index contributed by atoms with van der Waals surface area (Å²) in [5.41, 5.74) is 4.59. The van der Waals surface area contributed by atoms with Gasteiger partial charge in [0.15, 0.2) is 0 Å². The third kappa shape index (κ3) is 2.99. The zero-order valence-corrected chi connectivity index (χ0v) is 17.5. The minimum Gasteiger partial charge on any atom is -0.507 e. The third-order valence-electron chi connectivity index (χ3n) is 6.88. The average molecular weight is 416 g/mol. The number of aromatic hydroxyl groups is 1. The maximum atomic E-state index is 10.6. The normalized spacial score (nSPS) is 27.7. The Morgan fingerprint density at radius 1 is 1.03 bits per heavy atom. The summed E-state index contributed by atoms with van der Waals surface area (Å²) in [6.45, 7) is 4.59. The minimum atomic E-state index is 0.131. The van der Waals surface area contributed by atoms with Gasteiger partial charge in [-0.05, 0) is 63.3 Å². The first-order valence-corrected chi connectivity index (χ1v) is 10.6. The largest absolute Gasteiger partial charge is 0.507 e.